The molecule has 7 nitrogen and oxygen atoms in total. The topological polar surface area (TPSA) is 69.5 Å². The molecule has 4 rings (SSSR count). The van der Waals surface area contributed by atoms with E-state index in [2.05, 4.69) is 15.1 Å². The van der Waals surface area contributed by atoms with Gasteiger partial charge >= 0.3 is 0 Å². The molecule has 3 aromatic heterocycles. The number of fused-ring (bicyclic) bond motifs is 2. The van der Waals surface area contributed by atoms with Gasteiger partial charge in [0, 0.05) is 44.2 Å². The molecule has 0 radical (unpaired) electrons. The highest BCUT2D eigenvalue weighted by Gasteiger charge is 2.28. The fourth-order valence-corrected chi connectivity index (χ4v) is 2.87. The molecule has 0 bridgehead atoms. The van der Waals surface area contributed by atoms with E-state index in [9.17, 15) is 4.79 Å². The highest BCUT2D eigenvalue weighted by atomic mass is 35.5. The van der Waals surface area contributed by atoms with Crippen molar-refractivity contribution in [2.45, 2.75) is 6.42 Å². The first-order valence-electron chi connectivity index (χ1n) is 6.86. The molecule has 1 aliphatic heterocycles. The van der Waals surface area contributed by atoms with Gasteiger partial charge in [0.1, 0.15) is 0 Å². The Morgan fingerprint density at radius 1 is 1.45 bits per heavy atom. The number of hydrogen-bond donors (Lipinski definition) is 1. The average molecular weight is 317 g/mol. The van der Waals surface area contributed by atoms with Gasteiger partial charge in [-0.3, -0.25) is 9.80 Å². The number of H-pyrrole nitrogens is 1. The van der Waals surface area contributed by atoms with Gasteiger partial charge < -0.3 is 4.98 Å². The number of carbonyl (C=O) groups is 1. The van der Waals surface area contributed by atoms with E-state index in [4.69, 9.17) is 11.6 Å². The minimum Gasteiger partial charge on any atom is -0.363 e. The standard InChI is InChI=1S/C14H13ClN6O/c1-19-12-2-4-16-10(12)3-5-21(19)14(22)11-6-13-17-7-9(15)8-20(13)18-11/h2,4,6-8,16H,3,5H2,1H3. The van der Waals surface area contributed by atoms with Crippen molar-refractivity contribution in [1.29, 1.82) is 0 Å². The van der Waals surface area contributed by atoms with E-state index in [0.717, 1.165) is 17.8 Å². The summed E-state index contributed by atoms with van der Waals surface area (Å²) in [5, 5.41) is 8.27. The van der Waals surface area contributed by atoms with Gasteiger partial charge in [0.15, 0.2) is 11.3 Å². The second-order valence-electron chi connectivity index (χ2n) is 5.15. The Morgan fingerprint density at radius 2 is 2.32 bits per heavy atom. The van der Waals surface area contributed by atoms with Crippen LogP contribution in [0.25, 0.3) is 5.65 Å². The fourth-order valence-electron chi connectivity index (χ4n) is 2.73. The maximum Gasteiger partial charge on any atom is 0.292 e. The van der Waals surface area contributed by atoms with Crippen LogP contribution in [0.15, 0.2) is 30.7 Å². The van der Waals surface area contributed by atoms with Gasteiger partial charge in [0.05, 0.1) is 16.9 Å². The minimum atomic E-state index is -0.157. The van der Waals surface area contributed by atoms with Crippen molar-refractivity contribution < 1.29 is 4.79 Å². The molecule has 112 valence electrons. The number of anilines is 1. The van der Waals surface area contributed by atoms with Crippen LogP contribution in [0.3, 0.4) is 0 Å². The summed E-state index contributed by atoms with van der Waals surface area (Å²) in [7, 11) is 1.87. The predicted molar refractivity (Wildman–Crippen MR) is 81.9 cm³/mol. The molecule has 0 saturated heterocycles. The summed E-state index contributed by atoms with van der Waals surface area (Å²) in [5.41, 5.74) is 3.08. The Morgan fingerprint density at radius 3 is 3.18 bits per heavy atom. The summed E-state index contributed by atoms with van der Waals surface area (Å²) >= 11 is 5.89. The van der Waals surface area contributed by atoms with Crippen molar-refractivity contribution in [2.75, 3.05) is 18.6 Å². The molecule has 22 heavy (non-hydrogen) atoms. The molecule has 8 heteroatoms. The third kappa shape index (κ3) is 1.93. The Balaban J connectivity index is 1.68. The summed E-state index contributed by atoms with van der Waals surface area (Å²) in [4.78, 5) is 20.1. The molecular formula is C14H13ClN6O. The van der Waals surface area contributed by atoms with Crippen LogP contribution in [-0.4, -0.2) is 44.1 Å². The van der Waals surface area contributed by atoms with Gasteiger partial charge in [0.25, 0.3) is 5.91 Å². The summed E-state index contributed by atoms with van der Waals surface area (Å²) in [6.07, 6.45) is 5.83. The number of nitrogens with one attached hydrogen (secondary N) is 1. The third-order valence-corrected chi connectivity index (χ3v) is 4.02. The number of rotatable bonds is 1. The summed E-state index contributed by atoms with van der Waals surface area (Å²) in [6.45, 7) is 0.602. The van der Waals surface area contributed by atoms with Crippen LogP contribution >= 0.6 is 11.6 Å². The third-order valence-electron chi connectivity index (χ3n) is 3.83. The first kappa shape index (κ1) is 13.1. The molecule has 4 heterocycles. The Kier molecular flexibility index (Phi) is 2.83. The maximum absolute atomic E-state index is 12.7. The summed E-state index contributed by atoms with van der Waals surface area (Å²) in [6, 6.07) is 3.62. The van der Waals surface area contributed by atoms with E-state index in [1.165, 1.54) is 10.7 Å². The zero-order valence-corrected chi connectivity index (χ0v) is 12.6. The molecule has 0 aliphatic carbocycles. The largest absolute Gasteiger partial charge is 0.363 e. The van der Waals surface area contributed by atoms with Gasteiger partial charge in [-0.25, -0.2) is 14.5 Å². The Hall–Kier alpha value is -2.54. The van der Waals surface area contributed by atoms with Crippen LogP contribution in [0.2, 0.25) is 5.02 Å². The Bertz CT molecular complexity index is 869. The van der Waals surface area contributed by atoms with E-state index < -0.39 is 0 Å². The lowest BCUT2D eigenvalue weighted by Crippen LogP contribution is -2.48. The maximum atomic E-state index is 12.7. The number of hydrazine groups is 1. The van der Waals surface area contributed by atoms with Crippen LogP contribution < -0.4 is 5.01 Å². The number of aromatic amines is 1. The van der Waals surface area contributed by atoms with E-state index in [1.807, 2.05) is 24.3 Å². The monoisotopic (exact) mass is 316 g/mol. The molecule has 0 aromatic carbocycles. The first-order chi connectivity index (χ1) is 10.6. The normalized spacial score (nSPS) is 14.5. The lowest BCUT2D eigenvalue weighted by atomic mass is 10.2. The van der Waals surface area contributed by atoms with Gasteiger partial charge in [-0.05, 0) is 6.07 Å². The number of nitrogens with zero attached hydrogens (tertiary/aromatic N) is 5. The molecule has 3 aromatic rings. The van der Waals surface area contributed by atoms with Crippen LogP contribution in [0, 0.1) is 0 Å². The van der Waals surface area contributed by atoms with Gasteiger partial charge in [-0.2, -0.15) is 5.10 Å². The van der Waals surface area contributed by atoms with Crippen LogP contribution in [-0.2, 0) is 6.42 Å². The lowest BCUT2D eigenvalue weighted by molar-refractivity contribution is 0.0732. The quantitative estimate of drug-likeness (QED) is 0.742. The molecule has 1 N–H and O–H groups in total. The number of aromatic nitrogens is 4. The van der Waals surface area contributed by atoms with E-state index >= 15 is 0 Å². The second-order valence-corrected chi connectivity index (χ2v) is 5.58. The van der Waals surface area contributed by atoms with Crippen molar-refractivity contribution in [2.24, 2.45) is 0 Å². The zero-order valence-electron chi connectivity index (χ0n) is 11.8. The number of halogens is 1. The van der Waals surface area contributed by atoms with E-state index in [0.29, 0.717) is 22.9 Å². The summed E-state index contributed by atoms with van der Waals surface area (Å²) in [5.74, 6) is -0.157. The molecule has 0 fully saturated rings. The highest BCUT2D eigenvalue weighted by molar-refractivity contribution is 6.30. The van der Waals surface area contributed by atoms with Gasteiger partial charge in [-0.1, -0.05) is 11.6 Å². The Labute approximate surface area is 131 Å². The molecule has 1 amide bonds. The van der Waals surface area contributed by atoms with Crippen LogP contribution in [0.5, 0.6) is 0 Å². The SMILES string of the molecule is CN1c2cc[nH]c2CCN1C(=O)c1cc2ncc(Cl)cn2n1. The molecular weight excluding hydrogens is 304 g/mol. The second kappa shape index (κ2) is 4.74. The van der Waals surface area contributed by atoms with E-state index in [1.54, 1.807) is 17.3 Å². The molecule has 0 saturated carbocycles. The van der Waals surface area contributed by atoms with Gasteiger partial charge in [0.2, 0.25) is 0 Å². The van der Waals surface area contributed by atoms with Gasteiger partial charge in [-0.15, -0.1) is 0 Å². The smallest absolute Gasteiger partial charge is 0.292 e. The van der Waals surface area contributed by atoms with Crippen molar-refractivity contribution in [3.05, 3.63) is 47.1 Å². The van der Waals surface area contributed by atoms with Crippen LogP contribution in [0.1, 0.15) is 16.2 Å². The average Bonchev–Trinajstić information content (AvgIpc) is 3.12. The minimum absolute atomic E-state index is 0.157. The zero-order chi connectivity index (χ0) is 15.3. The number of hydrogen-bond acceptors (Lipinski definition) is 4. The molecule has 0 spiro atoms. The van der Waals surface area contributed by atoms with Crippen molar-refractivity contribution in [1.82, 2.24) is 24.6 Å². The molecule has 0 atom stereocenters. The lowest BCUT2D eigenvalue weighted by Gasteiger charge is -2.36. The highest BCUT2D eigenvalue weighted by Crippen LogP contribution is 2.26. The number of carbonyl (C=O) groups excluding carboxylic acids is 1. The molecule has 0 unspecified atom stereocenters. The molecule has 1 aliphatic rings. The van der Waals surface area contributed by atoms with Crippen LogP contribution in [0.4, 0.5) is 5.69 Å². The predicted octanol–water partition coefficient (Wildman–Crippen LogP) is 1.76. The number of amides is 1. The van der Waals surface area contributed by atoms with Crippen molar-refractivity contribution in [3.63, 3.8) is 0 Å². The summed E-state index contributed by atoms with van der Waals surface area (Å²) < 4.78 is 1.52. The fraction of sp³-hybridized carbons (Fsp3) is 0.214. The van der Waals surface area contributed by atoms with Crippen molar-refractivity contribution >= 4 is 28.8 Å². The first-order valence-corrected chi connectivity index (χ1v) is 7.24. The van der Waals surface area contributed by atoms with E-state index in [-0.39, 0.29) is 5.91 Å². The van der Waals surface area contributed by atoms with Crippen molar-refractivity contribution in [3.8, 4) is 0 Å².